The minimum absolute atomic E-state index is 0.00252. The summed E-state index contributed by atoms with van der Waals surface area (Å²) in [5, 5.41) is 2.75. The summed E-state index contributed by atoms with van der Waals surface area (Å²) in [6.07, 6.45) is -0.487. The second kappa shape index (κ2) is 11.2. The van der Waals surface area contributed by atoms with Crippen molar-refractivity contribution in [3.05, 3.63) is 93.0 Å². The minimum Gasteiger partial charge on any atom is -0.366 e. The Kier molecular flexibility index (Phi) is 8.24. The van der Waals surface area contributed by atoms with E-state index in [0.29, 0.717) is 11.3 Å². The normalized spacial score (nSPS) is 10.6. The Labute approximate surface area is 216 Å². The van der Waals surface area contributed by atoms with Crippen LogP contribution in [0.4, 0.5) is 25.0 Å². The SMILES string of the molecule is CCN(C(N)=O)C(=O)Cc1c(C(N)=O)ccc(C)c1C(=O)c1ccc(Nc2ccc(F)cc2F)cc1Cl. The van der Waals surface area contributed by atoms with E-state index in [1.807, 2.05) is 0 Å². The quantitative estimate of drug-likeness (QED) is 0.371. The third-order valence-corrected chi connectivity index (χ3v) is 5.96. The lowest BCUT2D eigenvalue weighted by molar-refractivity contribution is -0.127. The van der Waals surface area contributed by atoms with E-state index in [1.54, 1.807) is 13.8 Å². The molecule has 0 atom stereocenters. The van der Waals surface area contributed by atoms with Gasteiger partial charge in [0.05, 0.1) is 17.1 Å². The first-order valence-corrected chi connectivity index (χ1v) is 11.4. The van der Waals surface area contributed by atoms with E-state index in [2.05, 4.69) is 5.32 Å². The van der Waals surface area contributed by atoms with E-state index in [4.69, 9.17) is 23.1 Å². The van der Waals surface area contributed by atoms with Crippen molar-refractivity contribution < 1.29 is 28.0 Å². The number of anilines is 2. The van der Waals surface area contributed by atoms with Crippen molar-refractivity contribution in [3.63, 3.8) is 0 Å². The summed E-state index contributed by atoms with van der Waals surface area (Å²) in [7, 11) is 0. The smallest absolute Gasteiger partial charge is 0.321 e. The molecule has 11 heteroatoms. The average molecular weight is 529 g/mol. The number of ketones is 1. The van der Waals surface area contributed by atoms with Crippen LogP contribution in [0.2, 0.25) is 5.02 Å². The van der Waals surface area contributed by atoms with Gasteiger partial charge in [-0.25, -0.2) is 13.6 Å². The summed E-state index contributed by atoms with van der Waals surface area (Å²) in [6, 6.07) is 9.17. The second-order valence-corrected chi connectivity index (χ2v) is 8.48. The molecule has 0 heterocycles. The van der Waals surface area contributed by atoms with Crippen molar-refractivity contribution >= 4 is 46.6 Å². The fourth-order valence-electron chi connectivity index (χ4n) is 3.86. The molecule has 0 aromatic heterocycles. The molecule has 0 unspecified atom stereocenters. The zero-order valence-electron chi connectivity index (χ0n) is 19.9. The van der Waals surface area contributed by atoms with Gasteiger partial charge in [0.15, 0.2) is 5.78 Å². The lowest BCUT2D eigenvalue weighted by atomic mass is 9.88. The van der Waals surface area contributed by atoms with Crippen LogP contribution >= 0.6 is 11.6 Å². The third kappa shape index (κ3) is 5.92. The number of primary amides is 2. The fraction of sp³-hybridized carbons (Fsp3) is 0.154. The lowest BCUT2D eigenvalue weighted by Crippen LogP contribution is -2.41. The molecule has 0 aliphatic heterocycles. The number of nitrogens with two attached hydrogens (primary N) is 2. The number of amides is 4. The highest BCUT2D eigenvalue weighted by Gasteiger charge is 2.27. The summed E-state index contributed by atoms with van der Waals surface area (Å²) in [4.78, 5) is 51.0. The van der Waals surface area contributed by atoms with Crippen LogP contribution in [0, 0.1) is 18.6 Å². The third-order valence-electron chi connectivity index (χ3n) is 5.65. The fourth-order valence-corrected chi connectivity index (χ4v) is 4.12. The van der Waals surface area contributed by atoms with Gasteiger partial charge in [0, 0.05) is 35.0 Å². The highest BCUT2D eigenvalue weighted by atomic mass is 35.5. The van der Waals surface area contributed by atoms with E-state index in [-0.39, 0.29) is 39.5 Å². The molecule has 0 bridgehead atoms. The number of carbonyl (C=O) groups is 4. The maximum Gasteiger partial charge on any atom is 0.321 e. The molecule has 4 amide bonds. The van der Waals surface area contributed by atoms with Gasteiger partial charge >= 0.3 is 6.03 Å². The van der Waals surface area contributed by atoms with Crippen molar-refractivity contribution in [1.82, 2.24) is 4.90 Å². The maximum atomic E-state index is 14.0. The number of aryl methyl sites for hydroxylation is 1. The number of imide groups is 1. The molecule has 0 radical (unpaired) electrons. The molecule has 3 rings (SSSR count). The van der Waals surface area contributed by atoms with E-state index in [1.165, 1.54) is 36.4 Å². The van der Waals surface area contributed by atoms with Crippen LogP contribution < -0.4 is 16.8 Å². The Morgan fingerprint density at radius 1 is 0.973 bits per heavy atom. The first kappa shape index (κ1) is 27.3. The Hall–Kier alpha value is -4.31. The first-order chi connectivity index (χ1) is 17.4. The van der Waals surface area contributed by atoms with Crippen molar-refractivity contribution in [2.45, 2.75) is 20.3 Å². The number of carbonyl (C=O) groups excluding carboxylic acids is 4. The van der Waals surface area contributed by atoms with Gasteiger partial charge in [-0.2, -0.15) is 0 Å². The van der Waals surface area contributed by atoms with Crippen molar-refractivity contribution in [2.75, 3.05) is 11.9 Å². The molecule has 37 heavy (non-hydrogen) atoms. The predicted molar refractivity (Wildman–Crippen MR) is 135 cm³/mol. The standard InChI is InChI=1S/C26H23ClF2N4O4/c1-3-33(26(31)37)22(34)12-18-16(25(30)36)7-4-13(2)23(18)24(35)17-8-6-15(11-19(17)27)32-21-9-5-14(28)10-20(21)29/h4-11,32H,3,12H2,1-2H3,(H2,30,36)(H2,31,37). The topological polar surface area (TPSA) is 136 Å². The summed E-state index contributed by atoms with van der Waals surface area (Å²) in [6.45, 7) is 3.15. The van der Waals surface area contributed by atoms with Crippen LogP contribution in [0.15, 0.2) is 48.5 Å². The van der Waals surface area contributed by atoms with E-state index >= 15 is 0 Å². The van der Waals surface area contributed by atoms with Crippen molar-refractivity contribution in [2.24, 2.45) is 11.5 Å². The molecule has 0 aliphatic rings. The van der Waals surface area contributed by atoms with Gasteiger partial charge in [0.25, 0.3) is 0 Å². The number of likely N-dealkylation sites (N-methyl/N-ethyl adjacent to an activating group) is 1. The van der Waals surface area contributed by atoms with E-state index in [9.17, 15) is 28.0 Å². The summed E-state index contributed by atoms with van der Waals surface area (Å²) in [5.41, 5.74) is 11.6. The molecule has 0 spiro atoms. The van der Waals surface area contributed by atoms with Crippen LogP contribution in [0.3, 0.4) is 0 Å². The van der Waals surface area contributed by atoms with Gasteiger partial charge in [-0.3, -0.25) is 19.3 Å². The van der Waals surface area contributed by atoms with Gasteiger partial charge < -0.3 is 16.8 Å². The number of rotatable bonds is 8. The molecule has 3 aromatic rings. The molecule has 8 nitrogen and oxygen atoms in total. The Morgan fingerprint density at radius 2 is 1.65 bits per heavy atom. The zero-order valence-corrected chi connectivity index (χ0v) is 20.7. The van der Waals surface area contributed by atoms with Crippen LogP contribution in [-0.2, 0) is 11.2 Å². The average Bonchev–Trinajstić information content (AvgIpc) is 2.81. The predicted octanol–water partition coefficient (Wildman–Crippen LogP) is 4.47. The van der Waals surface area contributed by atoms with Crippen LogP contribution in [0.25, 0.3) is 0 Å². The summed E-state index contributed by atoms with van der Waals surface area (Å²) >= 11 is 6.39. The highest BCUT2D eigenvalue weighted by Crippen LogP contribution is 2.30. The first-order valence-electron chi connectivity index (χ1n) is 11.0. The number of urea groups is 1. The number of nitrogens with zero attached hydrogens (tertiary/aromatic N) is 1. The van der Waals surface area contributed by atoms with Gasteiger partial charge in [0.2, 0.25) is 11.8 Å². The molecule has 192 valence electrons. The number of hydrogen-bond donors (Lipinski definition) is 3. The number of benzene rings is 3. The zero-order chi connectivity index (χ0) is 27.4. The van der Waals surface area contributed by atoms with Crippen LogP contribution in [-0.4, -0.2) is 35.1 Å². The minimum atomic E-state index is -0.975. The second-order valence-electron chi connectivity index (χ2n) is 8.07. The van der Waals surface area contributed by atoms with E-state index in [0.717, 1.165) is 17.0 Å². The molecule has 3 aromatic carbocycles. The van der Waals surface area contributed by atoms with Crippen LogP contribution in [0.5, 0.6) is 0 Å². The summed E-state index contributed by atoms with van der Waals surface area (Å²) in [5.74, 6) is -3.74. The molecule has 0 saturated heterocycles. The molecule has 0 saturated carbocycles. The number of nitrogens with one attached hydrogen (secondary N) is 1. The maximum absolute atomic E-state index is 14.0. The number of halogens is 3. The highest BCUT2D eigenvalue weighted by molar-refractivity contribution is 6.35. The van der Waals surface area contributed by atoms with Crippen LogP contribution in [0.1, 0.15) is 44.3 Å². The lowest BCUT2D eigenvalue weighted by Gasteiger charge is -2.20. The van der Waals surface area contributed by atoms with Gasteiger partial charge in [-0.05, 0) is 61.4 Å². The summed E-state index contributed by atoms with van der Waals surface area (Å²) < 4.78 is 27.2. The molecular formula is C26H23ClF2N4O4. The van der Waals surface area contributed by atoms with E-state index < -0.39 is 41.7 Å². The van der Waals surface area contributed by atoms with Gasteiger partial charge in [0.1, 0.15) is 11.6 Å². The van der Waals surface area contributed by atoms with Crippen molar-refractivity contribution in [3.8, 4) is 0 Å². The Morgan fingerprint density at radius 3 is 2.22 bits per heavy atom. The molecular weight excluding hydrogens is 506 g/mol. The number of hydrogen-bond acceptors (Lipinski definition) is 5. The molecule has 0 aliphatic carbocycles. The molecule has 0 fully saturated rings. The largest absolute Gasteiger partial charge is 0.366 e. The van der Waals surface area contributed by atoms with Gasteiger partial charge in [-0.15, -0.1) is 0 Å². The monoisotopic (exact) mass is 528 g/mol. The van der Waals surface area contributed by atoms with Crippen molar-refractivity contribution in [1.29, 1.82) is 0 Å². The Bertz CT molecular complexity index is 1430. The Balaban J connectivity index is 2.04. The van der Waals surface area contributed by atoms with Gasteiger partial charge in [-0.1, -0.05) is 17.7 Å². The molecule has 5 N–H and O–H groups in total.